The lowest BCUT2D eigenvalue weighted by molar-refractivity contribution is 0.0707. The van der Waals surface area contributed by atoms with Crippen LogP contribution < -0.4 is 5.73 Å². The van der Waals surface area contributed by atoms with Crippen molar-refractivity contribution in [1.29, 1.82) is 0 Å². The van der Waals surface area contributed by atoms with E-state index in [1.54, 1.807) is 19.1 Å². The quantitative estimate of drug-likeness (QED) is 0.746. The van der Waals surface area contributed by atoms with Gasteiger partial charge in [0.1, 0.15) is 5.60 Å². The molecule has 0 aromatic carbocycles. The number of hydrogen-bond acceptors (Lipinski definition) is 3. The van der Waals surface area contributed by atoms with Crippen LogP contribution >= 0.6 is 22.9 Å². The number of halogens is 1. The summed E-state index contributed by atoms with van der Waals surface area (Å²) in [5, 5.41) is 9.63. The summed E-state index contributed by atoms with van der Waals surface area (Å²) in [6.07, 6.45) is 0. The van der Waals surface area contributed by atoms with Crippen LogP contribution in [0.2, 0.25) is 4.34 Å². The zero-order valence-corrected chi connectivity index (χ0v) is 7.75. The minimum atomic E-state index is -0.933. The van der Waals surface area contributed by atoms with Crippen LogP contribution in [0.4, 0.5) is 0 Å². The maximum absolute atomic E-state index is 9.63. The minimum absolute atomic E-state index is 0.212. The molecule has 0 fully saturated rings. The van der Waals surface area contributed by atoms with Crippen molar-refractivity contribution in [1.82, 2.24) is 0 Å². The predicted molar refractivity (Wildman–Crippen MR) is 48.0 cm³/mol. The molecule has 0 bridgehead atoms. The topological polar surface area (TPSA) is 46.2 Å². The maximum Gasteiger partial charge on any atom is 0.108 e. The third-order valence-electron chi connectivity index (χ3n) is 1.50. The summed E-state index contributed by atoms with van der Waals surface area (Å²) >= 11 is 7.04. The number of hydrogen-bond donors (Lipinski definition) is 2. The van der Waals surface area contributed by atoms with Crippen LogP contribution in [-0.4, -0.2) is 11.7 Å². The molecule has 4 heteroatoms. The Kier molecular flexibility index (Phi) is 2.54. The van der Waals surface area contributed by atoms with E-state index < -0.39 is 5.60 Å². The first-order valence-electron chi connectivity index (χ1n) is 3.24. The van der Waals surface area contributed by atoms with Gasteiger partial charge in [-0.3, -0.25) is 0 Å². The molecule has 0 amide bonds. The molecule has 11 heavy (non-hydrogen) atoms. The highest BCUT2D eigenvalue weighted by Gasteiger charge is 2.22. The zero-order chi connectivity index (χ0) is 8.48. The van der Waals surface area contributed by atoms with Gasteiger partial charge in [-0.15, -0.1) is 11.3 Å². The van der Waals surface area contributed by atoms with Crippen molar-refractivity contribution in [3.8, 4) is 0 Å². The van der Waals surface area contributed by atoms with Crippen LogP contribution in [0.25, 0.3) is 0 Å². The molecular formula is C7H10ClNOS. The Labute approximate surface area is 74.6 Å². The molecule has 1 unspecified atom stereocenters. The summed E-state index contributed by atoms with van der Waals surface area (Å²) in [6.45, 7) is 1.89. The molecule has 0 radical (unpaired) electrons. The predicted octanol–water partition coefficient (Wildman–Crippen LogP) is 1.57. The van der Waals surface area contributed by atoms with Crippen molar-refractivity contribution in [2.75, 3.05) is 6.54 Å². The standard InChI is InChI=1S/C7H10ClNOS/c1-7(10,4-9)5-2-3-6(8)11-5/h2-3,10H,4,9H2,1H3. The second kappa shape index (κ2) is 3.11. The van der Waals surface area contributed by atoms with Crippen molar-refractivity contribution < 1.29 is 5.11 Å². The van der Waals surface area contributed by atoms with E-state index in [2.05, 4.69) is 0 Å². The fourth-order valence-corrected chi connectivity index (χ4v) is 1.80. The smallest absolute Gasteiger partial charge is 0.108 e. The Morgan fingerprint density at radius 2 is 2.36 bits per heavy atom. The summed E-state index contributed by atoms with van der Waals surface area (Å²) in [7, 11) is 0. The average molecular weight is 192 g/mol. The molecule has 0 aliphatic heterocycles. The third-order valence-corrected chi connectivity index (χ3v) is 2.99. The van der Waals surface area contributed by atoms with Gasteiger partial charge in [0.25, 0.3) is 0 Å². The van der Waals surface area contributed by atoms with E-state index in [0.717, 1.165) is 4.88 Å². The molecule has 2 nitrogen and oxygen atoms in total. The Morgan fingerprint density at radius 3 is 2.73 bits per heavy atom. The molecule has 0 spiro atoms. The van der Waals surface area contributed by atoms with E-state index in [1.165, 1.54) is 11.3 Å². The highest BCUT2D eigenvalue weighted by Crippen LogP contribution is 2.29. The van der Waals surface area contributed by atoms with Gasteiger partial charge in [0, 0.05) is 11.4 Å². The molecule has 62 valence electrons. The normalized spacial score (nSPS) is 16.4. The minimum Gasteiger partial charge on any atom is -0.383 e. The molecule has 0 aliphatic rings. The van der Waals surface area contributed by atoms with Gasteiger partial charge in [0.2, 0.25) is 0 Å². The van der Waals surface area contributed by atoms with Gasteiger partial charge in [-0.05, 0) is 19.1 Å². The van der Waals surface area contributed by atoms with E-state index in [9.17, 15) is 5.11 Å². The molecule has 3 N–H and O–H groups in total. The molecule has 1 heterocycles. The molecule has 0 saturated heterocycles. The summed E-state index contributed by atoms with van der Waals surface area (Å²) < 4.78 is 0.675. The summed E-state index contributed by atoms with van der Waals surface area (Å²) in [6, 6.07) is 3.55. The lowest BCUT2D eigenvalue weighted by Gasteiger charge is -2.18. The van der Waals surface area contributed by atoms with E-state index >= 15 is 0 Å². The van der Waals surface area contributed by atoms with Gasteiger partial charge >= 0.3 is 0 Å². The maximum atomic E-state index is 9.63. The molecule has 1 aromatic heterocycles. The van der Waals surface area contributed by atoms with Gasteiger partial charge in [-0.2, -0.15) is 0 Å². The summed E-state index contributed by atoms with van der Waals surface area (Å²) in [4.78, 5) is 0.810. The third kappa shape index (κ3) is 1.93. The molecule has 0 saturated carbocycles. The van der Waals surface area contributed by atoms with E-state index in [0.29, 0.717) is 4.34 Å². The number of rotatable bonds is 2. The SMILES string of the molecule is CC(O)(CN)c1ccc(Cl)s1. The van der Waals surface area contributed by atoms with Gasteiger partial charge in [-0.1, -0.05) is 11.6 Å². The molecule has 0 aliphatic carbocycles. The van der Waals surface area contributed by atoms with Crippen LogP contribution in [0.1, 0.15) is 11.8 Å². The highest BCUT2D eigenvalue weighted by atomic mass is 35.5. The number of nitrogens with two attached hydrogens (primary N) is 1. The van der Waals surface area contributed by atoms with Crippen molar-refractivity contribution in [3.05, 3.63) is 21.3 Å². The van der Waals surface area contributed by atoms with Crippen molar-refractivity contribution in [2.45, 2.75) is 12.5 Å². The van der Waals surface area contributed by atoms with Crippen LogP contribution in [0.5, 0.6) is 0 Å². The van der Waals surface area contributed by atoms with Crippen LogP contribution in [0.3, 0.4) is 0 Å². The summed E-state index contributed by atoms with van der Waals surface area (Å²) in [5.41, 5.74) is 4.43. The van der Waals surface area contributed by atoms with Gasteiger partial charge < -0.3 is 10.8 Å². The molecule has 1 atom stereocenters. The molecular weight excluding hydrogens is 182 g/mol. The second-order valence-electron chi connectivity index (χ2n) is 2.58. The lowest BCUT2D eigenvalue weighted by atomic mass is 10.1. The van der Waals surface area contributed by atoms with Crippen molar-refractivity contribution in [2.24, 2.45) is 5.73 Å². The first kappa shape index (κ1) is 9.00. The first-order valence-corrected chi connectivity index (χ1v) is 4.44. The summed E-state index contributed by atoms with van der Waals surface area (Å²) in [5.74, 6) is 0. The zero-order valence-electron chi connectivity index (χ0n) is 6.17. The van der Waals surface area contributed by atoms with Gasteiger partial charge in [0.15, 0.2) is 0 Å². The molecule has 1 aromatic rings. The van der Waals surface area contributed by atoms with Crippen LogP contribution in [0.15, 0.2) is 12.1 Å². The largest absolute Gasteiger partial charge is 0.383 e. The average Bonchev–Trinajstić information content (AvgIpc) is 2.36. The monoisotopic (exact) mass is 191 g/mol. The lowest BCUT2D eigenvalue weighted by Crippen LogP contribution is -2.30. The van der Waals surface area contributed by atoms with Crippen LogP contribution in [0, 0.1) is 0 Å². The fraction of sp³-hybridized carbons (Fsp3) is 0.429. The Balaban J connectivity index is 2.92. The van der Waals surface area contributed by atoms with Crippen LogP contribution in [-0.2, 0) is 5.60 Å². The Hall–Kier alpha value is -0.0900. The number of thiophene rings is 1. The van der Waals surface area contributed by atoms with E-state index in [-0.39, 0.29) is 6.54 Å². The number of aliphatic hydroxyl groups is 1. The van der Waals surface area contributed by atoms with Crippen molar-refractivity contribution in [3.63, 3.8) is 0 Å². The first-order chi connectivity index (χ1) is 5.06. The Bertz CT molecular complexity index is 246. The van der Waals surface area contributed by atoms with E-state index in [1.807, 2.05) is 0 Å². The van der Waals surface area contributed by atoms with Crippen molar-refractivity contribution >= 4 is 22.9 Å². The fourth-order valence-electron chi connectivity index (χ4n) is 0.704. The van der Waals surface area contributed by atoms with Gasteiger partial charge in [-0.25, -0.2) is 0 Å². The molecule has 1 rings (SSSR count). The Morgan fingerprint density at radius 1 is 1.73 bits per heavy atom. The second-order valence-corrected chi connectivity index (χ2v) is 4.30. The van der Waals surface area contributed by atoms with E-state index in [4.69, 9.17) is 17.3 Å². The van der Waals surface area contributed by atoms with Gasteiger partial charge in [0.05, 0.1) is 4.34 Å². The highest BCUT2D eigenvalue weighted by molar-refractivity contribution is 7.16.